The Bertz CT molecular complexity index is 1010. The van der Waals surface area contributed by atoms with E-state index >= 15 is 0 Å². The summed E-state index contributed by atoms with van der Waals surface area (Å²) in [7, 11) is -3.56. The second-order valence-electron chi connectivity index (χ2n) is 6.29. The van der Waals surface area contributed by atoms with E-state index in [0.717, 1.165) is 17.2 Å². The van der Waals surface area contributed by atoms with Crippen LogP contribution in [0.2, 0.25) is 0 Å². The van der Waals surface area contributed by atoms with Crippen molar-refractivity contribution in [3.8, 4) is 5.69 Å². The van der Waals surface area contributed by atoms with E-state index in [1.165, 1.54) is 15.3 Å². The van der Waals surface area contributed by atoms with Gasteiger partial charge in [0.2, 0.25) is 10.0 Å². The molecule has 3 heterocycles. The van der Waals surface area contributed by atoms with Crippen LogP contribution in [0.1, 0.15) is 10.7 Å². The normalized spacial score (nSPS) is 16.6. The number of tetrazole rings is 1. The van der Waals surface area contributed by atoms with Crippen LogP contribution < -0.4 is 0 Å². The summed E-state index contributed by atoms with van der Waals surface area (Å²) in [4.78, 5) is 6.96. The molecule has 0 saturated carbocycles. The molecule has 27 heavy (non-hydrogen) atoms. The van der Waals surface area contributed by atoms with Gasteiger partial charge >= 0.3 is 0 Å². The first-order chi connectivity index (χ1) is 13.0. The molecule has 142 valence electrons. The lowest BCUT2D eigenvalue weighted by Gasteiger charge is -2.33. The highest BCUT2D eigenvalue weighted by Gasteiger charge is 2.29. The lowest BCUT2D eigenvalue weighted by Crippen LogP contribution is -2.48. The molecule has 0 atom stereocenters. The summed E-state index contributed by atoms with van der Waals surface area (Å²) >= 11 is 1.64. The Morgan fingerprint density at radius 3 is 2.67 bits per heavy atom. The van der Waals surface area contributed by atoms with Gasteiger partial charge in [-0.2, -0.15) is 4.31 Å². The number of sulfonamides is 1. The van der Waals surface area contributed by atoms with E-state index < -0.39 is 10.0 Å². The zero-order valence-corrected chi connectivity index (χ0v) is 16.4. The maximum Gasteiger partial charge on any atom is 0.243 e. The fourth-order valence-corrected chi connectivity index (χ4v) is 5.12. The van der Waals surface area contributed by atoms with Crippen molar-refractivity contribution >= 4 is 21.4 Å². The Hall–Kier alpha value is -2.21. The van der Waals surface area contributed by atoms with Crippen molar-refractivity contribution in [1.29, 1.82) is 0 Å². The maximum absolute atomic E-state index is 13.0. The van der Waals surface area contributed by atoms with Gasteiger partial charge in [-0.05, 0) is 35.5 Å². The zero-order valence-electron chi connectivity index (χ0n) is 14.8. The van der Waals surface area contributed by atoms with Crippen LogP contribution in [0, 0.1) is 6.92 Å². The van der Waals surface area contributed by atoms with Crippen LogP contribution in [-0.4, -0.2) is 69.0 Å². The third-order valence-corrected chi connectivity index (χ3v) is 7.17. The third-order valence-electron chi connectivity index (χ3n) is 4.45. The Morgan fingerprint density at radius 1 is 1.19 bits per heavy atom. The molecule has 0 bridgehead atoms. The monoisotopic (exact) mass is 405 g/mol. The minimum atomic E-state index is -3.56. The maximum atomic E-state index is 13.0. The van der Waals surface area contributed by atoms with Crippen molar-refractivity contribution in [2.75, 3.05) is 26.2 Å². The molecule has 0 spiro atoms. The lowest BCUT2D eigenvalue weighted by atomic mass is 10.3. The molecule has 1 aromatic carbocycles. The first kappa shape index (κ1) is 18.2. The van der Waals surface area contributed by atoms with Gasteiger partial charge in [-0.1, -0.05) is 6.07 Å². The van der Waals surface area contributed by atoms with Crippen LogP contribution in [0.15, 0.2) is 40.9 Å². The molecule has 0 radical (unpaired) electrons. The molecule has 11 heteroatoms. The van der Waals surface area contributed by atoms with Gasteiger partial charge < -0.3 is 0 Å². The summed E-state index contributed by atoms with van der Waals surface area (Å²) in [6, 6.07) is 6.66. The molecule has 0 unspecified atom stereocenters. The summed E-state index contributed by atoms with van der Waals surface area (Å²) in [5.74, 6) is 0. The first-order valence-electron chi connectivity index (χ1n) is 8.49. The van der Waals surface area contributed by atoms with Gasteiger partial charge in [-0.25, -0.2) is 18.1 Å². The van der Waals surface area contributed by atoms with E-state index in [0.29, 0.717) is 31.9 Å². The van der Waals surface area contributed by atoms with Gasteiger partial charge in [-0.3, -0.25) is 4.90 Å². The Kier molecular flexibility index (Phi) is 5.00. The number of hydrogen-bond donors (Lipinski definition) is 0. The molecule has 9 nitrogen and oxygen atoms in total. The predicted molar refractivity (Wildman–Crippen MR) is 100 cm³/mol. The van der Waals surface area contributed by atoms with Crippen LogP contribution in [0.3, 0.4) is 0 Å². The average molecular weight is 406 g/mol. The van der Waals surface area contributed by atoms with Gasteiger partial charge in [0, 0.05) is 38.1 Å². The summed E-state index contributed by atoms with van der Waals surface area (Å²) in [6.45, 7) is 5.03. The molecule has 1 fully saturated rings. The van der Waals surface area contributed by atoms with Crippen molar-refractivity contribution in [1.82, 2.24) is 34.4 Å². The lowest BCUT2D eigenvalue weighted by molar-refractivity contribution is 0.180. The molecule has 1 aliphatic heterocycles. The summed E-state index contributed by atoms with van der Waals surface area (Å²) in [5, 5.41) is 14.1. The molecular formula is C16H19N7O2S2. The molecule has 0 amide bonds. The quantitative estimate of drug-likeness (QED) is 0.623. The summed E-state index contributed by atoms with van der Waals surface area (Å²) < 4.78 is 29.0. The number of thiazole rings is 1. The SMILES string of the molecule is Cc1nc(CN2CCN(S(=O)(=O)c3cccc(-n4cnnn4)c3)CC2)cs1. The van der Waals surface area contributed by atoms with Gasteiger partial charge in [0.25, 0.3) is 0 Å². The molecule has 0 N–H and O–H groups in total. The second kappa shape index (κ2) is 7.43. The van der Waals surface area contributed by atoms with Crippen molar-refractivity contribution in [2.45, 2.75) is 18.4 Å². The predicted octanol–water partition coefficient (Wildman–Crippen LogP) is 0.934. The Balaban J connectivity index is 1.45. The van der Waals surface area contributed by atoms with Crippen molar-refractivity contribution in [3.05, 3.63) is 46.7 Å². The van der Waals surface area contributed by atoms with Crippen LogP contribution in [0.25, 0.3) is 5.69 Å². The molecule has 4 rings (SSSR count). The minimum Gasteiger partial charge on any atom is -0.295 e. The highest BCUT2D eigenvalue weighted by atomic mass is 32.2. The van der Waals surface area contributed by atoms with Crippen LogP contribution >= 0.6 is 11.3 Å². The van der Waals surface area contributed by atoms with Crippen molar-refractivity contribution < 1.29 is 8.42 Å². The molecule has 1 saturated heterocycles. The van der Waals surface area contributed by atoms with Gasteiger partial charge in [0.15, 0.2) is 0 Å². The zero-order chi connectivity index (χ0) is 18.9. The topological polar surface area (TPSA) is 97.1 Å². The second-order valence-corrected chi connectivity index (χ2v) is 9.29. The Morgan fingerprint density at radius 2 is 2.00 bits per heavy atom. The molecule has 1 aliphatic rings. The van der Waals surface area contributed by atoms with Crippen molar-refractivity contribution in [3.63, 3.8) is 0 Å². The van der Waals surface area contributed by atoms with Crippen LogP contribution in [-0.2, 0) is 16.6 Å². The Labute approximate surface area is 161 Å². The molecule has 0 aliphatic carbocycles. The number of rotatable bonds is 5. The van der Waals surface area contributed by atoms with Gasteiger partial charge in [-0.15, -0.1) is 16.4 Å². The number of nitrogens with zero attached hydrogens (tertiary/aromatic N) is 7. The van der Waals surface area contributed by atoms with E-state index in [1.807, 2.05) is 6.92 Å². The largest absolute Gasteiger partial charge is 0.295 e. The number of hydrogen-bond acceptors (Lipinski definition) is 8. The highest BCUT2D eigenvalue weighted by Crippen LogP contribution is 2.21. The third kappa shape index (κ3) is 3.90. The van der Waals surface area contributed by atoms with E-state index in [1.54, 1.807) is 35.6 Å². The smallest absolute Gasteiger partial charge is 0.243 e. The first-order valence-corrected chi connectivity index (χ1v) is 10.8. The van der Waals surface area contributed by atoms with E-state index in [-0.39, 0.29) is 4.90 Å². The number of benzene rings is 1. The van der Waals surface area contributed by atoms with E-state index in [4.69, 9.17) is 0 Å². The minimum absolute atomic E-state index is 0.249. The number of aromatic nitrogens is 5. The standard InChI is InChI=1S/C16H19N7O2S2/c1-13-18-14(11-26-13)10-21-5-7-22(8-6-21)27(24,25)16-4-2-3-15(9-16)23-12-17-19-20-23/h2-4,9,11-12H,5-8,10H2,1H3. The summed E-state index contributed by atoms with van der Waals surface area (Å²) in [5.41, 5.74) is 1.65. The summed E-state index contributed by atoms with van der Waals surface area (Å²) in [6.07, 6.45) is 1.44. The van der Waals surface area contributed by atoms with Gasteiger partial charge in [0.1, 0.15) is 6.33 Å². The number of aryl methyl sites for hydroxylation is 1. The molecule has 2 aromatic heterocycles. The van der Waals surface area contributed by atoms with Crippen molar-refractivity contribution in [2.24, 2.45) is 0 Å². The van der Waals surface area contributed by atoms with E-state index in [2.05, 4.69) is 30.8 Å². The fraction of sp³-hybridized carbons (Fsp3) is 0.375. The fourth-order valence-electron chi connectivity index (χ4n) is 3.05. The van der Waals surface area contributed by atoms with E-state index in [9.17, 15) is 8.42 Å². The molecule has 3 aromatic rings. The average Bonchev–Trinajstić information content (AvgIpc) is 3.34. The van der Waals surface area contributed by atoms with Crippen LogP contribution in [0.5, 0.6) is 0 Å². The number of piperazine rings is 1. The van der Waals surface area contributed by atoms with Crippen LogP contribution in [0.4, 0.5) is 0 Å². The highest BCUT2D eigenvalue weighted by molar-refractivity contribution is 7.89. The molecular weight excluding hydrogens is 386 g/mol. The van der Waals surface area contributed by atoms with Gasteiger partial charge in [0.05, 0.1) is 21.3 Å².